The lowest BCUT2D eigenvalue weighted by Crippen LogP contribution is -2.29. The van der Waals surface area contributed by atoms with Crippen molar-refractivity contribution in [3.8, 4) is 0 Å². The van der Waals surface area contributed by atoms with Crippen molar-refractivity contribution < 1.29 is 19.2 Å². The fourth-order valence-electron chi connectivity index (χ4n) is 3.34. The van der Waals surface area contributed by atoms with E-state index >= 15 is 0 Å². The van der Waals surface area contributed by atoms with E-state index in [9.17, 15) is 19.2 Å². The van der Waals surface area contributed by atoms with Crippen molar-refractivity contribution in [2.24, 2.45) is 5.92 Å². The molecule has 160 valence electrons. The van der Waals surface area contributed by atoms with Gasteiger partial charge in [0.15, 0.2) is 0 Å². The monoisotopic (exact) mass is 427 g/mol. The molecule has 0 unspecified atom stereocenters. The highest BCUT2D eigenvalue weighted by molar-refractivity contribution is 6.34. The Morgan fingerprint density at radius 1 is 0.750 bits per heavy atom. The van der Waals surface area contributed by atoms with Crippen LogP contribution in [0.4, 0.5) is 17.1 Å². The summed E-state index contributed by atoms with van der Waals surface area (Å²) < 4.78 is 0. The van der Waals surface area contributed by atoms with E-state index in [0.717, 1.165) is 4.90 Å². The molecule has 0 saturated heterocycles. The van der Waals surface area contributed by atoms with Gasteiger partial charge in [0, 0.05) is 22.9 Å². The number of rotatable bonds is 5. The lowest BCUT2D eigenvalue weighted by molar-refractivity contribution is -0.118. The fraction of sp³-hybridized carbons (Fsp3) is 0.120. The third-order valence-electron chi connectivity index (χ3n) is 5.10. The Balaban J connectivity index is 1.49. The molecule has 1 aliphatic rings. The first-order valence-electron chi connectivity index (χ1n) is 10.2. The summed E-state index contributed by atoms with van der Waals surface area (Å²) in [6.07, 6.45) is 0. The highest BCUT2D eigenvalue weighted by atomic mass is 16.2. The molecule has 0 atom stereocenters. The molecule has 3 aromatic carbocycles. The minimum atomic E-state index is -0.395. The van der Waals surface area contributed by atoms with Gasteiger partial charge in [-0.15, -0.1) is 0 Å². The van der Waals surface area contributed by atoms with Gasteiger partial charge in [-0.1, -0.05) is 32.0 Å². The van der Waals surface area contributed by atoms with Crippen molar-refractivity contribution in [1.29, 1.82) is 0 Å². The average molecular weight is 427 g/mol. The number of nitrogens with zero attached hydrogens (tertiary/aromatic N) is 1. The lowest BCUT2D eigenvalue weighted by atomic mass is 10.1. The predicted octanol–water partition coefficient (Wildman–Crippen LogP) is 4.33. The minimum Gasteiger partial charge on any atom is -0.326 e. The molecule has 7 nitrogen and oxygen atoms in total. The number of carbonyl (C=O) groups excluding carboxylic acids is 4. The summed E-state index contributed by atoms with van der Waals surface area (Å²) >= 11 is 0. The zero-order valence-corrected chi connectivity index (χ0v) is 17.6. The Labute approximate surface area is 185 Å². The second-order valence-electron chi connectivity index (χ2n) is 7.72. The molecule has 2 N–H and O–H groups in total. The number of hydrogen-bond donors (Lipinski definition) is 2. The molecule has 4 rings (SSSR count). The largest absolute Gasteiger partial charge is 0.326 e. The van der Waals surface area contributed by atoms with E-state index in [0.29, 0.717) is 33.8 Å². The number of nitrogens with one attached hydrogen (secondary N) is 2. The molecule has 3 aromatic rings. The summed E-state index contributed by atoms with van der Waals surface area (Å²) in [4.78, 5) is 50.9. The van der Waals surface area contributed by atoms with Crippen molar-refractivity contribution in [1.82, 2.24) is 0 Å². The van der Waals surface area contributed by atoms with E-state index in [2.05, 4.69) is 10.6 Å². The summed E-state index contributed by atoms with van der Waals surface area (Å²) in [5, 5.41) is 5.55. The van der Waals surface area contributed by atoms with Gasteiger partial charge in [0.05, 0.1) is 16.8 Å². The maximum atomic E-state index is 12.7. The molecule has 0 fully saturated rings. The van der Waals surface area contributed by atoms with Gasteiger partial charge in [0.25, 0.3) is 17.7 Å². The van der Waals surface area contributed by atoms with Crippen LogP contribution in [-0.2, 0) is 4.79 Å². The van der Waals surface area contributed by atoms with Gasteiger partial charge >= 0.3 is 0 Å². The fourth-order valence-corrected chi connectivity index (χ4v) is 3.34. The molecule has 0 spiro atoms. The van der Waals surface area contributed by atoms with E-state index in [1.807, 2.05) is 0 Å². The predicted molar refractivity (Wildman–Crippen MR) is 122 cm³/mol. The van der Waals surface area contributed by atoms with Crippen LogP contribution >= 0.6 is 0 Å². The smallest absolute Gasteiger partial charge is 0.266 e. The van der Waals surface area contributed by atoms with Crippen LogP contribution < -0.4 is 15.5 Å². The van der Waals surface area contributed by atoms with Crippen LogP contribution in [0.1, 0.15) is 44.9 Å². The van der Waals surface area contributed by atoms with Crippen LogP contribution in [0.15, 0.2) is 72.8 Å². The van der Waals surface area contributed by atoms with Crippen LogP contribution in [0.3, 0.4) is 0 Å². The number of fused-ring (bicyclic) bond motifs is 1. The highest BCUT2D eigenvalue weighted by Gasteiger charge is 2.36. The summed E-state index contributed by atoms with van der Waals surface area (Å²) in [7, 11) is 0. The van der Waals surface area contributed by atoms with Crippen LogP contribution in [-0.4, -0.2) is 23.6 Å². The Morgan fingerprint density at radius 3 is 1.97 bits per heavy atom. The van der Waals surface area contributed by atoms with Gasteiger partial charge < -0.3 is 10.6 Å². The SMILES string of the molecule is CC(C)C(=O)Nc1ccc(C(=O)Nc2cccc(N3C(=O)c4ccccc4C3=O)c2)cc1. The Morgan fingerprint density at radius 2 is 1.38 bits per heavy atom. The molecule has 0 aliphatic carbocycles. The van der Waals surface area contributed by atoms with Crippen LogP contribution in [0, 0.1) is 5.92 Å². The Hall–Kier alpha value is -4.26. The first-order valence-corrected chi connectivity index (χ1v) is 10.2. The normalized spacial score (nSPS) is 12.7. The quantitative estimate of drug-likeness (QED) is 0.593. The second kappa shape index (κ2) is 8.47. The Bertz CT molecular complexity index is 1200. The molecule has 0 saturated carbocycles. The molecule has 0 aromatic heterocycles. The second-order valence-corrected chi connectivity index (χ2v) is 7.72. The van der Waals surface area contributed by atoms with E-state index in [1.54, 1.807) is 86.6 Å². The first kappa shape index (κ1) is 21.0. The molecule has 7 heteroatoms. The molecular weight excluding hydrogens is 406 g/mol. The van der Waals surface area contributed by atoms with Crippen LogP contribution in [0.5, 0.6) is 0 Å². The van der Waals surface area contributed by atoms with E-state index < -0.39 is 11.8 Å². The van der Waals surface area contributed by atoms with Gasteiger partial charge in [0.1, 0.15) is 0 Å². The summed E-state index contributed by atoms with van der Waals surface area (Å²) in [6.45, 7) is 3.60. The number of carbonyl (C=O) groups is 4. The zero-order valence-electron chi connectivity index (χ0n) is 17.6. The third kappa shape index (κ3) is 4.00. The molecule has 0 bridgehead atoms. The van der Waals surface area contributed by atoms with Crippen molar-refractivity contribution in [2.45, 2.75) is 13.8 Å². The standard InChI is InChI=1S/C25H21N3O4/c1-15(2)22(29)26-17-12-10-16(11-13-17)23(30)27-18-6-5-7-19(14-18)28-24(31)20-8-3-4-9-21(20)25(28)32/h3-15H,1-2H3,(H,26,29)(H,27,30). The van der Waals surface area contributed by atoms with Gasteiger partial charge in [-0.3, -0.25) is 19.2 Å². The van der Waals surface area contributed by atoms with Crippen molar-refractivity contribution in [2.75, 3.05) is 15.5 Å². The maximum Gasteiger partial charge on any atom is 0.266 e. The van der Waals surface area contributed by atoms with Crippen LogP contribution in [0.25, 0.3) is 0 Å². The summed E-state index contributed by atoms with van der Waals surface area (Å²) in [5.41, 5.74) is 2.54. The number of hydrogen-bond acceptors (Lipinski definition) is 4. The highest BCUT2D eigenvalue weighted by Crippen LogP contribution is 2.29. The van der Waals surface area contributed by atoms with E-state index in [-0.39, 0.29) is 17.7 Å². The topological polar surface area (TPSA) is 95.6 Å². The van der Waals surface area contributed by atoms with Crippen molar-refractivity contribution in [3.63, 3.8) is 0 Å². The van der Waals surface area contributed by atoms with Gasteiger partial charge in [-0.25, -0.2) is 4.90 Å². The van der Waals surface area contributed by atoms with E-state index in [1.165, 1.54) is 0 Å². The maximum absolute atomic E-state index is 12.7. The molecule has 1 heterocycles. The number of amides is 4. The van der Waals surface area contributed by atoms with Crippen LogP contribution in [0.2, 0.25) is 0 Å². The van der Waals surface area contributed by atoms with Gasteiger partial charge in [-0.05, 0) is 54.6 Å². The third-order valence-corrected chi connectivity index (χ3v) is 5.10. The Kier molecular flexibility index (Phi) is 5.55. The number of anilines is 3. The molecule has 0 radical (unpaired) electrons. The molecule has 32 heavy (non-hydrogen) atoms. The zero-order chi connectivity index (χ0) is 22.8. The summed E-state index contributed by atoms with van der Waals surface area (Å²) in [5.74, 6) is -1.40. The molecule has 4 amide bonds. The lowest BCUT2D eigenvalue weighted by Gasteiger charge is -2.15. The first-order chi connectivity index (χ1) is 15.3. The average Bonchev–Trinajstić information content (AvgIpc) is 3.04. The van der Waals surface area contributed by atoms with E-state index in [4.69, 9.17) is 0 Å². The number of imide groups is 1. The van der Waals surface area contributed by atoms with Crippen molar-refractivity contribution in [3.05, 3.63) is 89.5 Å². The van der Waals surface area contributed by atoms with Gasteiger partial charge in [0.2, 0.25) is 5.91 Å². The minimum absolute atomic E-state index is 0.104. The molecule has 1 aliphatic heterocycles. The van der Waals surface area contributed by atoms with Gasteiger partial charge in [-0.2, -0.15) is 0 Å². The number of benzene rings is 3. The summed E-state index contributed by atoms with van der Waals surface area (Å²) in [6, 6.07) is 19.8. The van der Waals surface area contributed by atoms with Crippen molar-refractivity contribution >= 4 is 40.7 Å². The molecular formula is C25H21N3O4.